The van der Waals surface area contributed by atoms with Crippen molar-refractivity contribution in [1.29, 1.82) is 0 Å². The zero-order valence-electron chi connectivity index (χ0n) is 9.78. The molecule has 1 heterocycles. The molecule has 1 aromatic rings. The molecule has 17 heavy (non-hydrogen) atoms. The number of nitrogens with one attached hydrogen (secondary N) is 1. The second kappa shape index (κ2) is 5.78. The van der Waals surface area contributed by atoms with Gasteiger partial charge in [0.15, 0.2) is 0 Å². The number of halogens is 1. The molecule has 1 aliphatic rings. The molecule has 1 aromatic heterocycles. The van der Waals surface area contributed by atoms with Gasteiger partial charge in [-0.25, -0.2) is 0 Å². The lowest BCUT2D eigenvalue weighted by Crippen LogP contribution is -2.31. The van der Waals surface area contributed by atoms with E-state index in [1.165, 1.54) is 0 Å². The van der Waals surface area contributed by atoms with E-state index >= 15 is 0 Å². The van der Waals surface area contributed by atoms with Gasteiger partial charge in [-0.1, -0.05) is 10.9 Å². The van der Waals surface area contributed by atoms with Gasteiger partial charge in [0.05, 0.1) is 5.69 Å². The Bertz CT molecular complexity index is 396. The molecular weight excluding hydrogens is 258 g/mol. The Labute approximate surface area is 110 Å². The van der Waals surface area contributed by atoms with Crippen LogP contribution in [0.25, 0.3) is 0 Å². The van der Waals surface area contributed by atoms with E-state index in [1.807, 2.05) is 0 Å². The van der Waals surface area contributed by atoms with Gasteiger partial charge in [0, 0.05) is 11.9 Å². The fourth-order valence-corrected chi connectivity index (χ4v) is 3.15. The van der Waals surface area contributed by atoms with Crippen LogP contribution in [0.1, 0.15) is 41.0 Å². The molecule has 1 aliphatic carbocycles. The highest BCUT2D eigenvalue weighted by molar-refractivity contribution is 7.07. The van der Waals surface area contributed by atoms with E-state index in [9.17, 15) is 4.79 Å². The van der Waals surface area contributed by atoms with Crippen molar-refractivity contribution in [3.63, 3.8) is 0 Å². The Morgan fingerprint density at radius 2 is 2.41 bits per heavy atom. The first-order chi connectivity index (χ1) is 8.16. The zero-order chi connectivity index (χ0) is 12.3. The molecule has 1 saturated carbocycles. The van der Waals surface area contributed by atoms with Crippen molar-refractivity contribution >= 4 is 29.0 Å². The quantitative estimate of drug-likeness (QED) is 0.861. The van der Waals surface area contributed by atoms with Crippen molar-refractivity contribution in [2.45, 2.75) is 38.0 Å². The molecule has 2 atom stereocenters. The highest BCUT2D eigenvalue weighted by Gasteiger charge is 2.21. The number of carbonyl (C=O) groups is 1. The van der Waals surface area contributed by atoms with Crippen LogP contribution < -0.4 is 5.32 Å². The van der Waals surface area contributed by atoms with Crippen LogP contribution in [0, 0.1) is 12.8 Å². The van der Waals surface area contributed by atoms with Gasteiger partial charge < -0.3 is 5.32 Å². The molecule has 1 N–H and O–H groups in total. The minimum atomic E-state index is -0.0609. The van der Waals surface area contributed by atoms with Crippen molar-refractivity contribution < 1.29 is 4.79 Å². The topological polar surface area (TPSA) is 54.9 Å². The Morgan fingerprint density at radius 3 is 3.06 bits per heavy atom. The molecular formula is C11H16ClN3OS. The maximum absolute atomic E-state index is 11.8. The lowest BCUT2D eigenvalue weighted by molar-refractivity contribution is 0.0947. The molecule has 6 heteroatoms. The Kier molecular flexibility index (Phi) is 4.34. The minimum Gasteiger partial charge on any atom is -0.351 e. The maximum atomic E-state index is 11.8. The highest BCUT2D eigenvalue weighted by Crippen LogP contribution is 2.27. The molecule has 0 radical (unpaired) electrons. The number of nitrogens with zero attached hydrogens (tertiary/aromatic N) is 2. The fourth-order valence-electron chi connectivity index (χ4n) is 2.17. The number of aryl methyl sites for hydroxylation is 1. The molecule has 2 rings (SSSR count). The fraction of sp³-hybridized carbons (Fsp3) is 0.727. The summed E-state index contributed by atoms with van der Waals surface area (Å²) in [6.45, 7) is 2.51. The van der Waals surface area contributed by atoms with Gasteiger partial charge in [-0.3, -0.25) is 4.79 Å². The number of aromatic nitrogens is 2. The summed E-state index contributed by atoms with van der Waals surface area (Å²) in [6.07, 6.45) is 4.42. The van der Waals surface area contributed by atoms with E-state index in [0.717, 1.165) is 37.2 Å². The predicted molar refractivity (Wildman–Crippen MR) is 68.6 cm³/mol. The van der Waals surface area contributed by atoms with E-state index in [4.69, 9.17) is 11.6 Å². The van der Waals surface area contributed by atoms with Gasteiger partial charge in [-0.2, -0.15) is 0 Å². The third-order valence-corrected chi connectivity index (χ3v) is 4.35. The summed E-state index contributed by atoms with van der Waals surface area (Å²) in [7, 11) is 0. The molecule has 1 amide bonds. The van der Waals surface area contributed by atoms with Crippen LogP contribution in [0.4, 0.5) is 0 Å². The standard InChI is InChI=1S/C11H16ClN3OS/c1-7-10(17-15-14-7)11(16)13-6-8-3-2-4-9(12)5-8/h8-9H,2-6H2,1H3,(H,13,16). The number of hydrogen-bond acceptors (Lipinski definition) is 4. The summed E-state index contributed by atoms with van der Waals surface area (Å²) in [6, 6.07) is 0. The Hall–Kier alpha value is -0.680. The monoisotopic (exact) mass is 273 g/mol. The zero-order valence-corrected chi connectivity index (χ0v) is 11.4. The van der Waals surface area contributed by atoms with Crippen molar-refractivity contribution in [1.82, 2.24) is 14.9 Å². The van der Waals surface area contributed by atoms with E-state index in [-0.39, 0.29) is 11.3 Å². The van der Waals surface area contributed by atoms with Crippen molar-refractivity contribution in [2.75, 3.05) is 6.54 Å². The van der Waals surface area contributed by atoms with Crippen LogP contribution in [-0.2, 0) is 0 Å². The lowest BCUT2D eigenvalue weighted by Gasteiger charge is -2.25. The van der Waals surface area contributed by atoms with Gasteiger partial charge in [0.25, 0.3) is 5.91 Å². The second-order valence-corrected chi connectivity index (χ2v) is 5.90. The number of amides is 1. The lowest BCUT2D eigenvalue weighted by atomic mass is 9.89. The molecule has 1 fully saturated rings. The third kappa shape index (κ3) is 3.39. The molecule has 2 unspecified atom stereocenters. The average molecular weight is 274 g/mol. The van der Waals surface area contributed by atoms with Crippen LogP contribution in [-0.4, -0.2) is 27.4 Å². The van der Waals surface area contributed by atoms with Crippen LogP contribution >= 0.6 is 23.1 Å². The minimum absolute atomic E-state index is 0.0609. The van der Waals surface area contributed by atoms with Gasteiger partial charge in [-0.05, 0) is 43.6 Å². The normalized spacial score (nSPS) is 24.6. The summed E-state index contributed by atoms with van der Waals surface area (Å²) < 4.78 is 3.76. The number of alkyl halides is 1. The molecule has 0 aliphatic heterocycles. The molecule has 94 valence electrons. The molecule has 0 aromatic carbocycles. The summed E-state index contributed by atoms with van der Waals surface area (Å²) in [5, 5.41) is 7.06. The average Bonchev–Trinajstić information content (AvgIpc) is 2.72. The molecule has 0 bridgehead atoms. The molecule has 0 saturated heterocycles. The van der Waals surface area contributed by atoms with E-state index in [2.05, 4.69) is 14.9 Å². The number of hydrogen-bond donors (Lipinski definition) is 1. The van der Waals surface area contributed by atoms with E-state index in [1.54, 1.807) is 6.92 Å². The van der Waals surface area contributed by atoms with Gasteiger partial charge in [0.1, 0.15) is 4.88 Å². The first-order valence-electron chi connectivity index (χ1n) is 5.88. The summed E-state index contributed by atoms with van der Waals surface area (Å²) in [5.41, 5.74) is 0.700. The molecule has 4 nitrogen and oxygen atoms in total. The Balaban J connectivity index is 1.82. The number of carbonyl (C=O) groups excluding carboxylic acids is 1. The van der Waals surface area contributed by atoms with E-state index < -0.39 is 0 Å². The van der Waals surface area contributed by atoms with Gasteiger partial charge in [0.2, 0.25) is 0 Å². The first-order valence-corrected chi connectivity index (χ1v) is 7.09. The predicted octanol–water partition coefficient (Wildman–Crippen LogP) is 2.37. The van der Waals surface area contributed by atoms with Crippen molar-refractivity contribution in [2.24, 2.45) is 5.92 Å². The molecule has 0 spiro atoms. The maximum Gasteiger partial charge on any atom is 0.264 e. The van der Waals surface area contributed by atoms with Crippen molar-refractivity contribution in [3.05, 3.63) is 10.6 Å². The van der Waals surface area contributed by atoms with E-state index in [0.29, 0.717) is 23.0 Å². The second-order valence-electron chi connectivity index (χ2n) is 4.53. The van der Waals surface area contributed by atoms with Crippen LogP contribution in [0.2, 0.25) is 0 Å². The summed E-state index contributed by atoms with van der Waals surface area (Å²) in [5.74, 6) is 0.450. The summed E-state index contributed by atoms with van der Waals surface area (Å²) in [4.78, 5) is 12.5. The van der Waals surface area contributed by atoms with Crippen molar-refractivity contribution in [3.8, 4) is 0 Å². The smallest absolute Gasteiger partial charge is 0.264 e. The number of rotatable bonds is 3. The SMILES string of the molecule is Cc1nnsc1C(=O)NCC1CCCC(Cl)C1. The van der Waals surface area contributed by atoms with Crippen LogP contribution in [0.3, 0.4) is 0 Å². The third-order valence-electron chi connectivity index (χ3n) is 3.13. The first kappa shape index (κ1) is 12.8. The Morgan fingerprint density at radius 1 is 1.59 bits per heavy atom. The largest absolute Gasteiger partial charge is 0.351 e. The van der Waals surface area contributed by atoms with Crippen LogP contribution in [0.15, 0.2) is 0 Å². The van der Waals surface area contributed by atoms with Gasteiger partial charge in [-0.15, -0.1) is 16.7 Å². The van der Waals surface area contributed by atoms with Crippen LogP contribution in [0.5, 0.6) is 0 Å². The summed E-state index contributed by atoms with van der Waals surface area (Å²) >= 11 is 7.27. The highest BCUT2D eigenvalue weighted by atomic mass is 35.5. The van der Waals surface area contributed by atoms with Gasteiger partial charge >= 0.3 is 0 Å².